The predicted molar refractivity (Wildman–Crippen MR) is 154 cm³/mol. The Balaban J connectivity index is 1.23. The van der Waals surface area contributed by atoms with E-state index in [9.17, 15) is 14.3 Å². The third-order valence-corrected chi connectivity index (χ3v) is 7.16. The van der Waals surface area contributed by atoms with Gasteiger partial charge in [-0.25, -0.2) is 13.3 Å². The van der Waals surface area contributed by atoms with Crippen LogP contribution in [-0.2, 0) is 4.79 Å². The minimum Gasteiger partial charge on any atom is -0.452 e. The zero-order valence-corrected chi connectivity index (χ0v) is 22.9. The number of benzene rings is 2. The predicted octanol–water partition coefficient (Wildman–Crippen LogP) is 5.67. The number of aliphatic hydroxyl groups is 1. The van der Waals surface area contributed by atoms with Crippen molar-refractivity contribution >= 4 is 22.8 Å². The lowest BCUT2D eigenvalue weighted by Crippen LogP contribution is -2.41. The Bertz CT molecular complexity index is 1850. The Kier molecular flexibility index (Phi) is 6.79. The van der Waals surface area contributed by atoms with Crippen molar-refractivity contribution in [2.24, 2.45) is 0 Å². The Labute approximate surface area is 239 Å². The molecule has 0 saturated carbocycles. The molecule has 42 heavy (non-hydrogen) atoms. The Morgan fingerprint density at radius 2 is 1.76 bits per heavy atom. The van der Waals surface area contributed by atoms with Gasteiger partial charge in [-0.15, -0.1) is 0 Å². The molecule has 5 aromatic rings. The molecule has 212 valence electrons. The molecule has 2 N–H and O–H groups in total. The summed E-state index contributed by atoms with van der Waals surface area (Å²) in [6, 6.07) is 17.0. The number of aromatic nitrogens is 3. The van der Waals surface area contributed by atoms with E-state index in [1.165, 1.54) is 41.4 Å². The average Bonchev–Trinajstić information content (AvgIpc) is 3.50. The molecule has 3 aromatic heterocycles. The topological polar surface area (TPSA) is 95.2 Å². The molecule has 1 amide bonds. The number of aryl methyl sites for hydroxylation is 1. The Morgan fingerprint density at radius 1 is 0.976 bits per heavy atom. The van der Waals surface area contributed by atoms with Gasteiger partial charge >= 0.3 is 0 Å². The van der Waals surface area contributed by atoms with Crippen LogP contribution in [0.5, 0.6) is 11.5 Å². The highest BCUT2D eigenvalue weighted by Crippen LogP contribution is 2.36. The Hall–Kier alpha value is -5.29. The first kappa shape index (κ1) is 26.9. The summed E-state index contributed by atoms with van der Waals surface area (Å²) < 4.78 is 36.4. The molecule has 1 aliphatic rings. The van der Waals surface area contributed by atoms with Crippen molar-refractivity contribution in [1.29, 1.82) is 0 Å². The molecule has 2 aromatic carbocycles. The molecular formula is C31H26F2N6O3. The van der Waals surface area contributed by atoms with E-state index in [-0.39, 0.29) is 17.0 Å². The van der Waals surface area contributed by atoms with Crippen LogP contribution >= 0.6 is 0 Å². The van der Waals surface area contributed by atoms with E-state index in [4.69, 9.17) is 4.74 Å². The van der Waals surface area contributed by atoms with E-state index in [0.717, 1.165) is 22.9 Å². The van der Waals surface area contributed by atoms with Gasteiger partial charge in [0, 0.05) is 54.2 Å². The largest absolute Gasteiger partial charge is 0.452 e. The summed E-state index contributed by atoms with van der Waals surface area (Å²) in [5, 5.41) is 21.0. The van der Waals surface area contributed by atoms with Gasteiger partial charge in [0.1, 0.15) is 11.3 Å². The van der Waals surface area contributed by atoms with Crippen molar-refractivity contribution in [2.75, 3.05) is 17.4 Å². The highest BCUT2D eigenvalue weighted by molar-refractivity contribution is 6.05. The summed E-state index contributed by atoms with van der Waals surface area (Å²) in [6.07, 6.45) is 3.75. The lowest BCUT2D eigenvalue weighted by Gasteiger charge is -2.31. The SMILES string of the molecule is CC1=C(C(=O)Nc2ccc(Oc3ccnn4ccc(-c5ccnc(C)c5)c34)c(F)c2)C(O)N(c2ccc(F)cc2)N1C. The number of pyridine rings is 1. The maximum Gasteiger partial charge on any atom is 0.258 e. The van der Waals surface area contributed by atoms with Gasteiger partial charge in [-0.3, -0.25) is 19.8 Å². The number of halogens is 2. The molecule has 0 fully saturated rings. The summed E-state index contributed by atoms with van der Waals surface area (Å²) in [5.41, 5.74) is 4.52. The molecule has 1 aliphatic heterocycles. The first-order chi connectivity index (χ1) is 20.2. The maximum absolute atomic E-state index is 15.3. The van der Waals surface area contributed by atoms with Gasteiger partial charge in [0.25, 0.3) is 5.91 Å². The number of hydrazine groups is 1. The number of nitrogens with zero attached hydrogens (tertiary/aromatic N) is 5. The molecule has 0 saturated heterocycles. The van der Waals surface area contributed by atoms with Crippen molar-refractivity contribution in [3.63, 3.8) is 0 Å². The molecule has 0 spiro atoms. The molecule has 1 unspecified atom stereocenters. The highest BCUT2D eigenvalue weighted by atomic mass is 19.1. The normalized spacial score (nSPS) is 15.0. The molecule has 0 aliphatic carbocycles. The minimum absolute atomic E-state index is 0.0438. The van der Waals surface area contributed by atoms with E-state index in [1.807, 2.05) is 25.1 Å². The van der Waals surface area contributed by atoms with E-state index < -0.39 is 23.8 Å². The van der Waals surface area contributed by atoms with Crippen LogP contribution in [0.3, 0.4) is 0 Å². The zero-order valence-electron chi connectivity index (χ0n) is 22.9. The molecule has 0 radical (unpaired) electrons. The summed E-state index contributed by atoms with van der Waals surface area (Å²) in [6.45, 7) is 3.58. The monoisotopic (exact) mass is 568 g/mol. The zero-order chi connectivity index (χ0) is 29.5. The van der Waals surface area contributed by atoms with Crippen LogP contribution in [0.1, 0.15) is 12.6 Å². The van der Waals surface area contributed by atoms with Gasteiger partial charge < -0.3 is 15.2 Å². The van der Waals surface area contributed by atoms with Crippen molar-refractivity contribution in [2.45, 2.75) is 20.1 Å². The third-order valence-electron chi connectivity index (χ3n) is 7.16. The standard InChI is InChI=1S/C31H26F2N6O3/c1-18-16-20(10-13-34-18)24-12-15-38-29(24)27(11-14-35-38)42-26-9-6-22(17-25(26)33)36-30(40)28-19(2)37(3)39(31(28)41)23-7-4-21(32)5-8-23/h4-17,31,41H,1-3H3,(H,36,40). The second-order valence-corrected chi connectivity index (χ2v) is 9.82. The fourth-order valence-corrected chi connectivity index (χ4v) is 5.02. The third kappa shape index (κ3) is 4.79. The number of hydrogen-bond donors (Lipinski definition) is 2. The van der Waals surface area contributed by atoms with Crippen molar-refractivity contribution < 1.29 is 23.4 Å². The smallest absolute Gasteiger partial charge is 0.258 e. The van der Waals surface area contributed by atoms with Crippen LogP contribution < -0.4 is 15.1 Å². The lowest BCUT2D eigenvalue weighted by molar-refractivity contribution is -0.113. The summed E-state index contributed by atoms with van der Waals surface area (Å²) >= 11 is 0. The minimum atomic E-state index is -1.33. The second-order valence-electron chi connectivity index (χ2n) is 9.82. The van der Waals surface area contributed by atoms with E-state index in [2.05, 4.69) is 15.4 Å². The number of carbonyl (C=O) groups excluding carboxylic acids is 1. The average molecular weight is 569 g/mol. The molecule has 0 bridgehead atoms. The van der Waals surface area contributed by atoms with Crippen LogP contribution in [0.2, 0.25) is 0 Å². The van der Waals surface area contributed by atoms with Crippen LogP contribution in [-0.4, -0.2) is 43.9 Å². The molecule has 9 nitrogen and oxygen atoms in total. The molecule has 11 heteroatoms. The first-order valence-electron chi connectivity index (χ1n) is 13.1. The second kappa shape index (κ2) is 10.6. The maximum atomic E-state index is 15.3. The number of allylic oxidation sites excluding steroid dienone is 1. The first-order valence-corrected chi connectivity index (χ1v) is 13.1. The van der Waals surface area contributed by atoms with E-state index in [0.29, 0.717) is 22.7 Å². The van der Waals surface area contributed by atoms with Crippen LogP contribution in [0.4, 0.5) is 20.2 Å². The fraction of sp³-hybridized carbons (Fsp3) is 0.129. The Morgan fingerprint density at radius 3 is 2.50 bits per heavy atom. The fourth-order valence-electron chi connectivity index (χ4n) is 5.02. The molecule has 4 heterocycles. The van der Waals surface area contributed by atoms with E-state index >= 15 is 4.39 Å². The summed E-state index contributed by atoms with van der Waals surface area (Å²) in [5.74, 6) is -1.37. The van der Waals surface area contributed by atoms with Gasteiger partial charge in [0.05, 0.1) is 17.5 Å². The number of rotatable bonds is 6. The van der Waals surface area contributed by atoms with Gasteiger partial charge in [-0.05, 0) is 74.0 Å². The van der Waals surface area contributed by atoms with Crippen molar-refractivity contribution in [3.05, 3.63) is 114 Å². The lowest BCUT2D eigenvalue weighted by atomic mass is 10.1. The number of carbonyl (C=O) groups is 1. The number of nitrogens with one attached hydrogen (secondary N) is 1. The number of fused-ring (bicyclic) bond motifs is 1. The van der Waals surface area contributed by atoms with Crippen molar-refractivity contribution in [3.8, 4) is 22.6 Å². The highest BCUT2D eigenvalue weighted by Gasteiger charge is 2.38. The molecule has 1 atom stereocenters. The number of hydrogen-bond acceptors (Lipinski definition) is 7. The van der Waals surface area contributed by atoms with Gasteiger partial charge in [0.2, 0.25) is 0 Å². The van der Waals surface area contributed by atoms with Gasteiger partial charge in [-0.2, -0.15) is 5.10 Å². The summed E-state index contributed by atoms with van der Waals surface area (Å²) in [4.78, 5) is 17.5. The number of aliphatic hydroxyl groups excluding tert-OH is 1. The quantitative estimate of drug-likeness (QED) is 0.272. The van der Waals surface area contributed by atoms with Gasteiger partial charge in [0.15, 0.2) is 23.5 Å². The van der Waals surface area contributed by atoms with Crippen LogP contribution in [0, 0.1) is 18.6 Å². The van der Waals surface area contributed by atoms with Crippen LogP contribution in [0.25, 0.3) is 16.6 Å². The molecule has 6 rings (SSSR count). The number of ether oxygens (including phenoxy) is 1. The van der Waals surface area contributed by atoms with Crippen molar-refractivity contribution in [1.82, 2.24) is 19.6 Å². The van der Waals surface area contributed by atoms with Crippen LogP contribution in [0.15, 0.2) is 96.6 Å². The van der Waals surface area contributed by atoms with Gasteiger partial charge in [-0.1, -0.05) is 0 Å². The summed E-state index contributed by atoms with van der Waals surface area (Å²) in [7, 11) is 1.68. The number of anilines is 2. The van der Waals surface area contributed by atoms with E-state index in [1.54, 1.807) is 48.2 Å². The molecular weight excluding hydrogens is 542 g/mol. The number of amides is 1.